The van der Waals surface area contributed by atoms with Crippen molar-refractivity contribution in [2.24, 2.45) is 5.14 Å². The number of thiophene rings is 1. The molecule has 2 aromatic rings. The van der Waals surface area contributed by atoms with Crippen LogP contribution in [-0.4, -0.2) is 27.5 Å². The van der Waals surface area contributed by atoms with Gasteiger partial charge < -0.3 is 10.2 Å². The zero-order valence-electron chi connectivity index (χ0n) is 12.4. The molecule has 2 heterocycles. The summed E-state index contributed by atoms with van der Waals surface area (Å²) in [4.78, 5) is 2.43. The van der Waals surface area contributed by atoms with Crippen LogP contribution in [0.4, 0.5) is 10.7 Å². The van der Waals surface area contributed by atoms with Gasteiger partial charge in [0, 0.05) is 24.8 Å². The van der Waals surface area contributed by atoms with Crippen molar-refractivity contribution in [1.29, 1.82) is 0 Å². The minimum absolute atomic E-state index is 0.154. The molecular weight excluding hydrogens is 398 g/mol. The largest absolute Gasteiger partial charge is 0.374 e. The fraction of sp³-hybridized carbons (Fsp3) is 0.333. The SMILES string of the molecule is NS(=O)(=O)c1ccc(N2CCC(Nc3ccc(Br)s3)CC2)cc1. The smallest absolute Gasteiger partial charge is 0.238 e. The summed E-state index contributed by atoms with van der Waals surface area (Å²) in [5.74, 6) is 0. The van der Waals surface area contributed by atoms with Crippen molar-refractivity contribution in [2.75, 3.05) is 23.3 Å². The normalized spacial score (nSPS) is 16.5. The fourth-order valence-corrected chi connectivity index (χ4v) is 4.60. The highest BCUT2D eigenvalue weighted by atomic mass is 79.9. The Hall–Kier alpha value is -1.09. The van der Waals surface area contributed by atoms with Gasteiger partial charge in [-0.2, -0.15) is 0 Å². The Labute approximate surface area is 148 Å². The molecule has 0 radical (unpaired) electrons. The van der Waals surface area contributed by atoms with Crippen LogP contribution in [0, 0.1) is 0 Å². The van der Waals surface area contributed by atoms with Gasteiger partial charge >= 0.3 is 0 Å². The number of nitrogens with two attached hydrogens (primary N) is 1. The number of benzene rings is 1. The van der Waals surface area contributed by atoms with E-state index in [0.29, 0.717) is 6.04 Å². The summed E-state index contributed by atoms with van der Waals surface area (Å²) in [5.41, 5.74) is 1.04. The Balaban J connectivity index is 1.58. The highest BCUT2D eigenvalue weighted by Gasteiger charge is 2.20. The van der Waals surface area contributed by atoms with Crippen LogP contribution in [0.1, 0.15) is 12.8 Å². The van der Waals surface area contributed by atoms with Crippen LogP contribution in [0.25, 0.3) is 0 Å². The van der Waals surface area contributed by atoms with E-state index in [0.717, 1.165) is 35.4 Å². The molecule has 0 amide bonds. The van der Waals surface area contributed by atoms with Gasteiger partial charge in [0.05, 0.1) is 13.7 Å². The number of primary sulfonamides is 1. The first-order chi connectivity index (χ1) is 10.9. The lowest BCUT2D eigenvalue weighted by molar-refractivity contribution is 0.527. The molecule has 0 bridgehead atoms. The molecule has 124 valence electrons. The first kappa shape index (κ1) is 16.8. The number of hydrogen-bond acceptors (Lipinski definition) is 5. The molecule has 0 saturated carbocycles. The number of anilines is 2. The van der Waals surface area contributed by atoms with E-state index in [2.05, 4.69) is 38.3 Å². The summed E-state index contributed by atoms with van der Waals surface area (Å²) in [6.07, 6.45) is 2.10. The first-order valence-electron chi connectivity index (χ1n) is 7.31. The Kier molecular flexibility index (Phi) is 4.96. The molecule has 0 atom stereocenters. The molecule has 1 aromatic carbocycles. The zero-order valence-corrected chi connectivity index (χ0v) is 15.6. The van der Waals surface area contributed by atoms with Crippen molar-refractivity contribution < 1.29 is 8.42 Å². The molecule has 0 aliphatic carbocycles. The third-order valence-corrected chi connectivity index (χ3v) is 6.43. The highest BCUT2D eigenvalue weighted by molar-refractivity contribution is 9.11. The predicted octanol–water partition coefficient (Wildman–Crippen LogP) is 3.24. The molecule has 0 unspecified atom stereocenters. The number of nitrogens with one attached hydrogen (secondary N) is 1. The molecule has 5 nitrogen and oxygen atoms in total. The van der Waals surface area contributed by atoms with Crippen molar-refractivity contribution in [3.63, 3.8) is 0 Å². The summed E-state index contributed by atoms with van der Waals surface area (Å²) in [6.45, 7) is 1.89. The van der Waals surface area contributed by atoms with Crippen molar-refractivity contribution in [1.82, 2.24) is 0 Å². The Morgan fingerprint density at radius 1 is 1.13 bits per heavy atom. The third-order valence-electron chi connectivity index (χ3n) is 3.94. The second-order valence-electron chi connectivity index (χ2n) is 5.55. The first-order valence-corrected chi connectivity index (χ1v) is 10.5. The lowest BCUT2D eigenvalue weighted by Gasteiger charge is -2.34. The maximum absolute atomic E-state index is 11.3. The molecule has 1 aliphatic heterocycles. The van der Waals surface area contributed by atoms with Gasteiger partial charge in [0.25, 0.3) is 0 Å². The highest BCUT2D eigenvalue weighted by Crippen LogP contribution is 2.29. The molecule has 3 N–H and O–H groups in total. The van der Waals surface area contributed by atoms with E-state index < -0.39 is 10.0 Å². The van der Waals surface area contributed by atoms with E-state index >= 15 is 0 Å². The van der Waals surface area contributed by atoms with Crippen molar-refractivity contribution in [3.8, 4) is 0 Å². The van der Waals surface area contributed by atoms with E-state index in [4.69, 9.17) is 5.14 Å². The molecule has 23 heavy (non-hydrogen) atoms. The quantitative estimate of drug-likeness (QED) is 0.803. The van der Waals surface area contributed by atoms with E-state index in [1.807, 2.05) is 12.1 Å². The number of rotatable bonds is 4. The number of hydrogen-bond donors (Lipinski definition) is 2. The molecular formula is C15H18BrN3O2S2. The van der Waals surface area contributed by atoms with Crippen LogP contribution in [0.2, 0.25) is 0 Å². The summed E-state index contributed by atoms with van der Waals surface area (Å²) < 4.78 is 23.7. The topological polar surface area (TPSA) is 75.4 Å². The molecule has 1 saturated heterocycles. The molecule has 3 rings (SSSR count). The van der Waals surface area contributed by atoms with Gasteiger partial charge in [-0.25, -0.2) is 13.6 Å². The standard InChI is InChI=1S/C15H18BrN3O2S2/c16-14-5-6-15(22-14)18-11-7-9-19(10-8-11)12-1-3-13(4-2-12)23(17,20)21/h1-6,11,18H,7-10H2,(H2,17,20,21). The van der Waals surface area contributed by atoms with Gasteiger partial charge in [0.1, 0.15) is 0 Å². The lowest BCUT2D eigenvalue weighted by atomic mass is 10.0. The Morgan fingerprint density at radius 3 is 2.30 bits per heavy atom. The van der Waals surface area contributed by atoms with Crippen LogP contribution in [0.3, 0.4) is 0 Å². The van der Waals surface area contributed by atoms with Crippen LogP contribution in [0.15, 0.2) is 45.1 Å². The predicted molar refractivity (Wildman–Crippen MR) is 98.7 cm³/mol. The van der Waals surface area contributed by atoms with Gasteiger partial charge in [-0.1, -0.05) is 0 Å². The van der Waals surface area contributed by atoms with Crippen LogP contribution < -0.4 is 15.4 Å². The third kappa shape index (κ3) is 4.26. The molecule has 1 aliphatic rings. The minimum atomic E-state index is -3.62. The molecule has 8 heteroatoms. The van der Waals surface area contributed by atoms with Crippen LogP contribution >= 0.6 is 27.3 Å². The van der Waals surface area contributed by atoms with Crippen molar-refractivity contribution in [3.05, 3.63) is 40.2 Å². The number of halogens is 1. The van der Waals surface area contributed by atoms with Crippen LogP contribution in [-0.2, 0) is 10.0 Å². The minimum Gasteiger partial charge on any atom is -0.374 e. The molecule has 1 fully saturated rings. The van der Waals surface area contributed by atoms with E-state index in [1.54, 1.807) is 23.5 Å². The summed E-state index contributed by atoms with van der Waals surface area (Å²) >= 11 is 5.18. The molecule has 1 aromatic heterocycles. The van der Waals surface area contributed by atoms with Gasteiger partial charge in [-0.15, -0.1) is 11.3 Å². The summed E-state index contributed by atoms with van der Waals surface area (Å²) in [5, 5.41) is 9.88. The van der Waals surface area contributed by atoms with E-state index in [1.165, 1.54) is 5.00 Å². The second-order valence-corrected chi connectivity index (χ2v) is 9.57. The Morgan fingerprint density at radius 2 is 1.78 bits per heavy atom. The van der Waals surface area contributed by atoms with Gasteiger partial charge in [-0.05, 0) is 65.2 Å². The fourth-order valence-electron chi connectivity index (χ4n) is 2.72. The average Bonchev–Trinajstić information content (AvgIpc) is 2.92. The Bertz CT molecular complexity index is 766. The van der Waals surface area contributed by atoms with Crippen LogP contribution in [0.5, 0.6) is 0 Å². The monoisotopic (exact) mass is 415 g/mol. The molecule has 0 spiro atoms. The van der Waals surface area contributed by atoms with Crippen molar-refractivity contribution in [2.45, 2.75) is 23.8 Å². The van der Waals surface area contributed by atoms with Gasteiger partial charge in [0.2, 0.25) is 10.0 Å². The van der Waals surface area contributed by atoms with Crippen molar-refractivity contribution >= 4 is 48.0 Å². The second kappa shape index (κ2) is 6.80. The summed E-state index contributed by atoms with van der Waals surface area (Å²) in [6, 6.07) is 11.4. The average molecular weight is 416 g/mol. The zero-order chi connectivity index (χ0) is 16.4. The lowest BCUT2D eigenvalue weighted by Crippen LogP contribution is -2.39. The number of piperidine rings is 1. The maximum Gasteiger partial charge on any atom is 0.238 e. The van der Waals surface area contributed by atoms with E-state index in [-0.39, 0.29) is 4.90 Å². The summed E-state index contributed by atoms with van der Waals surface area (Å²) in [7, 11) is -3.62. The van der Waals surface area contributed by atoms with Gasteiger partial charge in [-0.3, -0.25) is 0 Å². The number of nitrogens with zero attached hydrogens (tertiary/aromatic N) is 1. The maximum atomic E-state index is 11.3. The van der Waals surface area contributed by atoms with Gasteiger partial charge in [0.15, 0.2) is 0 Å². The number of sulfonamides is 1. The van der Waals surface area contributed by atoms with E-state index in [9.17, 15) is 8.42 Å².